The monoisotopic (exact) mass is 354 g/mol. The van der Waals surface area contributed by atoms with Crippen molar-refractivity contribution < 1.29 is 14.8 Å². The highest BCUT2D eigenvalue weighted by Crippen LogP contribution is 2.19. The average molecular weight is 354 g/mol. The summed E-state index contributed by atoms with van der Waals surface area (Å²) in [5.41, 5.74) is 4.94. The Morgan fingerprint density at radius 2 is 1.62 bits per heavy atom. The lowest BCUT2D eigenvalue weighted by Crippen LogP contribution is -2.31. The minimum Gasteiger partial charge on any atom is -0.352 e. The lowest BCUT2D eigenvalue weighted by molar-refractivity contribution is -0.130. The van der Waals surface area contributed by atoms with Gasteiger partial charge in [0.15, 0.2) is 0 Å². The van der Waals surface area contributed by atoms with Gasteiger partial charge in [0.05, 0.1) is 0 Å². The van der Waals surface area contributed by atoms with Crippen molar-refractivity contribution in [2.45, 2.75) is 39.2 Å². The van der Waals surface area contributed by atoms with Crippen molar-refractivity contribution in [3.63, 3.8) is 0 Å². The quantitative estimate of drug-likeness (QED) is 0.475. The summed E-state index contributed by atoms with van der Waals surface area (Å²) in [6.07, 6.45) is 2.15. The van der Waals surface area contributed by atoms with E-state index in [-0.39, 0.29) is 18.2 Å². The SMILES string of the molecule is CCC[C@H](CCC(=O)NO)C(=O)NCc1ccc(-c2ccccc2)cc1. The standard InChI is InChI=1S/C21H26N2O3/c1-2-6-19(13-14-20(24)23-26)21(25)22-15-16-9-11-18(12-10-16)17-7-4-3-5-8-17/h3-5,7-12,19,26H,2,6,13-15H2,1H3,(H,22,25)(H,23,24)/t19-/m1/s1. The van der Waals surface area contributed by atoms with Crippen molar-refractivity contribution in [1.82, 2.24) is 10.8 Å². The zero-order valence-corrected chi connectivity index (χ0v) is 15.1. The molecule has 0 aliphatic carbocycles. The van der Waals surface area contributed by atoms with Crippen LogP contribution in [0.15, 0.2) is 54.6 Å². The fourth-order valence-corrected chi connectivity index (χ4v) is 2.90. The van der Waals surface area contributed by atoms with Gasteiger partial charge in [0, 0.05) is 18.9 Å². The van der Waals surface area contributed by atoms with Gasteiger partial charge >= 0.3 is 0 Å². The molecular weight excluding hydrogens is 328 g/mol. The number of carbonyl (C=O) groups is 2. The number of nitrogens with one attached hydrogen (secondary N) is 2. The minimum absolute atomic E-state index is 0.0512. The molecule has 2 amide bonds. The van der Waals surface area contributed by atoms with Gasteiger partial charge in [0.25, 0.3) is 0 Å². The van der Waals surface area contributed by atoms with E-state index >= 15 is 0 Å². The molecular formula is C21H26N2O3. The second-order valence-electron chi connectivity index (χ2n) is 6.34. The number of carbonyl (C=O) groups excluding carboxylic acids is 2. The largest absolute Gasteiger partial charge is 0.352 e. The molecule has 1 atom stereocenters. The summed E-state index contributed by atoms with van der Waals surface area (Å²) in [4.78, 5) is 23.6. The molecule has 3 N–H and O–H groups in total. The van der Waals surface area contributed by atoms with E-state index in [1.165, 1.54) is 0 Å². The van der Waals surface area contributed by atoms with Gasteiger partial charge in [-0.2, -0.15) is 0 Å². The van der Waals surface area contributed by atoms with E-state index in [1.807, 2.05) is 49.4 Å². The molecule has 0 bridgehead atoms. The van der Waals surface area contributed by atoms with Crippen LogP contribution in [-0.4, -0.2) is 17.0 Å². The van der Waals surface area contributed by atoms with Gasteiger partial charge in [-0.15, -0.1) is 0 Å². The molecule has 5 nitrogen and oxygen atoms in total. The van der Waals surface area contributed by atoms with Crippen molar-refractivity contribution in [2.75, 3.05) is 0 Å². The van der Waals surface area contributed by atoms with Gasteiger partial charge in [0.2, 0.25) is 11.8 Å². The first kappa shape index (κ1) is 19.7. The van der Waals surface area contributed by atoms with E-state index in [4.69, 9.17) is 5.21 Å². The third kappa shape index (κ3) is 6.01. The Labute approximate surface area is 154 Å². The predicted molar refractivity (Wildman–Crippen MR) is 101 cm³/mol. The van der Waals surface area contributed by atoms with Crippen LogP contribution in [0.2, 0.25) is 0 Å². The van der Waals surface area contributed by atoms with Crippen molar-refractivity contribution in [3.05, 3.63) is 60.2 Å². The fourth-order valence-electron chi connectivity index (χ4n) is 2.90. The van der Waals surface area contributed by atoms with E-state index in [2.05, 4.69) is 17.4 Å². The number of benzene rings is 2. The van der Waals surface area contributed by atoms with E-state index in [1.54, 1.807) is 5.48 Å². The zero-order valence-electron chi connectivity index (χ0n) is 15.1. The number of rotatable bonds is 9. The summed E-state index contributed by atoms with van der Waals surface area (Å²) in [6, 6.07) is 18.3. The minimum atomic E-state index is -0.463. The van der Waals surface area contributed by atoms with Crippen LogP contribution in [0, 0.1) is 5.92 Å². The van der Waals surface area contributed by atoms with Gasteiger partial charge in [-0.3, -0.25) is 14.8 Å². The number of hydroxylamine groups is 1. The second kappa shape index (κ2) is 10.4. The van der Waals surface area contributed by atoms with E-state index in [0.717, 1.165) is 29.5 Å². The Kier molecular flexibility index (Phi) is 7.83. The van der Waals surface area contributed by atoms with Crippen LogP contribution in [0.3, 0.4) is 0 Å². The van der Waals surface area contributed by atoms with Crippen LogP contribution in [0.1, 0.15) is 38.2 Å². The molecule has 0 saturated heterocycles. The first-order valence-corrected chi connectivity index (χ1v) is 8.99. The molecule has 0 spiro atoms. The maximum absolute atomic E-state index is 12.4. The Bertz CT molecular complexity index is 699. The Balaban J connectivity index is 1.89. The predicted octanol–water partition coefficient (Wildman–Crippen LogP) is 3.67. The zero-order chi connectivity index (χ0) is 18.8. The highest BCUT2D eigenvalue weighted by Gasteiger charge is 2.18. The lowest BCUT2D eigenvalue weighted by atomic mass is 9.96. The highest BCUT2D eigenvalue weighted by atomic mass is 16.5. The molecule has 5 heteroatoms. The van der Waals surface area contributed by atoms with Crippen molar-refractivity contribution >= 4 is 11.8 Å². The van der Waals surface area contributed by atoms with Gasteiger partial charge in [-0.25, -0.2) is 5.48 Å². The molecule has 0 saturated carbocycles. The lowest BCUT2D eigenvalue weighted by Gasteiger charge is -2.16. The molecule has 0 aromatic heterocycles. The molecule has 2 aromatic carbocycles. The van der Waals surface area contributed by atoms with Crippen LogP contribution >= 0.6 is 0 Å². The van der Waals surface area contributed by atoms with Crippen LogP contribution in [0.25, 0.3) is 11.1 Å². The molecule has 0 radical (unpaired) electrons. The van der Waals surface area contributed by atoms with Gasteiger partial charge < -0.3 is 5.32 Å². The van der Waals surface area contributed by atoms with Crippen LogP contribution in [0.5, 0.6) is 0 Å². The maximum atomic E-state index is 12.4. The number of hydrogen-bond donors (Lipinski definition) is 3. The summed E-state index contributed by atoms with van der Waals surface area (Å²) in [5, 5.41) is 11.5. The third-order valence-corrected chi connectivity index (χ3v) is 4.38. The Morgan fingerprint density at radius 1 is 0.962 bits per heavy atom. The normalized spacial score (nSPS) is 11.6. The first-order valence-electron chi connectivity index (χ1n) is 8.99. The number of amides is 2. The summed E-state index contributed by atoms with van der Waals surface area (Å²) >= 11 is 0. The van der Waals surface area contributed by atoms with E-state index in [0.29, 0.717) is 13.0 Å². The van der Waals surface area contributed by atoms with Gasteiger partial charge in [0.1, 0.15) is 0 Å². The van der Waals surface area contributed by atoms with Crippen LogP contribution in [-0.2, 0) is 16.1 Å². The van der Waals surface area contributed by atoms with E-state index < -0.39 is 5.91 Å². The molecule has 0 fully saturated rings. The number of hydrogen-bond acceptors (Lipinski definition) is 3. The average Bonchev–Trinajstić information content (AvgIpc) is 2.70. The molecule has 26 heavy (non-hydrogen) atoms. The first-order chi connectivity index (χ1) is 12.6. The van der Waals surface area contributed by atoms with Gasteiger partial charge in [-0.05, 0) is 29.5 Å². The van der Waals surface area contributed by atoms with Crippen LogP contribution < -0.4 is 10.8 Å². The second-order valence-corrected chi connectivity index (χ2v) is 6.34. The molecule has 138 valence electrons. The summed E-state index contributed by atoms with van der Waals surface area (Å²) in [5.74, 6) is -0.735. The van der Waals surface area contributed by atoms with Crippen molar-refractivity contribution in [2.24, 2.45) is 5.92 Å². The fraction of sp³-hybridized carbons (Fsp3) is 0.333. The molecule has 0 aliphatic heterocycles. The smallest absolute Gasteiger partial charge is 0.243 e. The molecule has 2 rings (SSSR count). The third-order valence-electron chi connectivity index (χ3n) is 4.38. The molecule has 2 aromatic rings. The van der Waals surface area contributed by atoms with E-state index in [9.17, 15) is 9.59 Å². The van der Waals surface area contributed by atoms with Crippen LogP contribution in [0.4, 0.5) is 0 Å². The summed E-state index contributed by atoms with van der Waals surface area (Å²) in [6.45, 7) is 2.47. The van der Waals surface area contributed by atoms with Crippen molar-refractivity contribution in [1.29, 1.82) is 0 Å². The summed E-state index contributed by atoms with van der Waals surface area (Å²) in [7, 11) is 0. The molecule has 0 aliphatic rings. The van der Waals surface area contributed by atoms with Crippen molar-refractivity contribution in [3.8, 4) is 11.1 Å². The van der Waals surface area contributed by atoms with Gasteiger partial charge in [-0.1, -0.05) is 67.9 Å². The maximum Gasteiger partial charge on any atom is 0.243 e. The molecule has 0 unspecified atom stereocenters. The Hall–Kier alpha value is -2.66. The highest BCUT2D eigenvalue weighted by molar-refractivity contribution is 5.80. The summed E-state index contributed by atoms with van der Waals surface area (Å²) < 4.78 is 0. The Morgan fingerprint density at radius 3 is 2.23 bits per heavy atom. The topological polar surface area (TPSA) is 78.4 Å². The molecule has 0 heterocycles.